The summed E-state index contributed by atoms with van der Waals surface area (Å²) in [6.07, 6.45) is 7.96. The number of ether oxygens (including phenoxy) is 1. The first-order chi connectivity index (χ1) is 12.8. The highest BCUT2D eigenvalue weighted by molar-refractivity contribution is 5.93. The number of aliphatic hydroxyl groups excluding tert-OH is 1. The molecule has 0 unspecified atom stereocenters. The van der Waals surface area contributed by atoms with Crippen LogP contribution < -0.4 is 0 Å². The third kappa shape index (κ3) is 2.65. The van der Waals surface area contributed by atoms with Crippen LogP contribution in [0.15, 0.2) is 42.9 Å². The van der Waals surface area contributed by atoms with Crippen LogP contribution in [-0.4, -0.2) is 63.0 Å². The van der Waals surface area contributed by atoms with Gasteiger partial charge in [0.15, 0.2) is 0 Å². The van der Waals surface area contributed by atoms with E-state index in [1.807, 2.05) is 12.4 Å². The standard InChI is InChI=1S/C20H24N4O2/c25-9-5-16-12-23-11-14(10-15(23)13-26-16)24-8-7-22-20(24)18-2-1-3-19-17(18)4-6-21-19/h1-4,6-8,14-16,21,25H,5,9-13H2/t14-,15-,16-/m0/s1. The zero-order chi connectivity index (χ0) is 17.5. The molecule has 2 aliphatic rings. The van der Waals surface area contributed by atoms with Crippen molar-refractivity contribution in [2.24, 2.45) is 0 Å². The topological polar surface area (TPSA) is 66.3 Å². The predicted molar refractivity (Wildman–Crippen MR) is 100.0 cm³/mol. The fourth-order valence-electron chi connectivity index (χ4n) is 4.53. The minimum Gasteiger partial charge on any atom is -0.396 e. The fourth-order valence-corrected chi connectivity index (χ4v) is 4.53. The summed E-state index contributed by atoms with van der Waals surface area (Å²) in [5.74, 6) is 1.04. The molecular weight excluding hydrogens is 328 g/mol. The third-order valence-corrected chi connectivity index (χ3v) is 5.82. The number of H-pyrrole nitrogens is 1. The molecule has 1 aromatic carbocycles. The summed E-state index contributed by atoms with van der Waals surface area (Å²) in [6.45, 7) is 2.89. The number of imidazole rings is 1. The molecule has 0 amide bonds. The minimum atomic E-state index is 0.158. The summed E-state index contributed by atoms with van der Waals surface area (Å²) >= 11 is 0. The third-order valence-electron chi connectivity index (χ3n) is 5.82. The lowest BCUT2D eigenvalue weighted by Gasteiger charge is -2.34. The number of nitrogens with zero attached hydrogens (tertiary/aromatic N) is 3. The molecule has 0 bridgehead atoms. The van der Waals surface area contributed by atoms with E-state index in [9.17, 15) is 5.11 Å². The van der Waals surface area contributed by atoms with Gasteiger partial charge in [-0.1, -0.05) is 12.1 Å². The Bertz CT molecular complexity index is 902. The zero-order valence-electron chi connectivity index (χ0n) is 14.7. The van der Waals surface area contributed by atoms with Crippen molar-refractivity contribution in [1.82, 2.24) is 19.4 Å². The molecule has 2 aliphatic heterocycles. The number of fused-ring (bicyclic) bond motifs is 2. The molecule has 0 radical (unpaired) electrons. The summed E-state index contributed by atoms with van der Waals surface area (Å²) in [4.78, 5) is 10.5. The zero-order valence-corrected chi connectivity index (χ0v) is 14.7. The lowest BCUT2D eigenvalue weighted by atomic mass is 10.1. The molecule has 2 N–H and O–H groups in total. The van der Waals surface area contributed by atoms with E-state index >= 15 is 0 Å². The van der Waals surface area contributed by atoms with Crippen molar-refractivity contribution in [3.63, 3.8) is 0 Å². The molecule has 26 heavy (non-hydrogen) atoms. The molecule has 3 aromatic rings. The van der Waals surface area contributed by atoms with Crippen molar-refractivity contribution < 1.29 is 9.84 Å². The van der Waals surface area contributed by atoms with Crippen molar-refractivity contribution in [3.05, 3.63) is 42.9 Å². The second-order valence-electron chi connectivity index (χ2n) is 7.37. The Morgan fingerprint density at radius 3 is 3.12 bits per heavy atom. The Kier molecular flexibility index (Phi) is 4.04. The molecule has 3 atom stereocenters. The summed E-state index contributed by atoms with van der Waals surface area (Å²) in [6, 6.07) is 9.32. The van der Waals surface area contributed by atoms with Gasteiger partial charge in [-0.15, -0.1) is 0 Å². The quantitative estimate of drug-likeness (QED) is 0.757. The van der Waals surface area contributed by atoms with E-state index in [4.69, 9.17) is 4.74 Å². The molecule has 0 spiro atoms. The smallest absolute Gasteiger partial charge is 0.140 e. The van der Waals surface area contributed by atoms with Crippen LogP contribution in [0.1, 0.15) is 18.9 Å². The van der Waals surface area contributed by atoms with Crippen molar-refractivity contribution >= 4 is 10.9 Å². The maximum Gasteiger partial charge on any atom is 0.140 e. The van der Waals surface area contributed by atoms with E-state index in [0.717, 1.165) is 43.9 Å². The van der Waals surface area contributed by atoms with Crippen LogP contribution in [0.4, 0.5) is 0 Å². The van der Waals surface area contributed by atoms with E-state index in [1.54, 1.807) is 0 Å². The van der Waals surface area contributed by atoms with Crippen LogP contribution in [0.5, 0.6) is 0 Å². The van der Waals surface area contributed by atoms with Gasteiger partial charge in [-0.05, 0) is 25.0 Å². The molecular formula is C20H24N4O2. The van der Waals surface area contributed by atoms with Gasteiger partial charge in [-0.3, -0.25) is 4.90 Å². The maximum absolute atomic E-state index is 9.18. The Labute approximate surface area is 152 Å². The second kappa shape index (κ2) is 6.54. The number of morpholine rings is 1. The Morgan fingerprint density at radius 1 is 1.23 bits per heavy atom. The van der Waals surface area contributed by atoms with E-state index < -0.39 is 0 Å². The average Bonchev–Trinajstić information content (AvgIpc) is 3.39. The van der Waals surface area contributed by atoms with Gasteiger partial charge in [0.25, 0.3) is 0 Å². The number of aliphatic hydroxyl groups is 1. The summed E-state index contributed by atoms with van der Waals surface area (Å²) in [5, 5.41) is 10.4. The summed E-state index contributed by atoms with van der Waals surface area (Å²) < 4.78 is 8.26. The average molecular weight is 352 g/mol. The highest BCUT2D eigenvalue weighted by atomic mass is 16.5. The molecule has 0 aliphatic carbocycles. The van der Waals surface area contributed by atoms with Gasteiger partial charge in [-0.2, -0.15) is 0 Å². The first kappa shape index (κ1) is 16.1. The van der Waals surface area contributed by atoms with Crippen LogP contribution in [0, 0.1) is 0 Å². The number of aromatic nitrogens is 3. The SMILES string of the molecule is OCC[C@H]1CN2C[C@@H](n3ccnc3-c3cccc4[nH]ccc34)C[C@H]2CO1. The molecule has 2 aromatic heterocycles. The summed E-state index contributed by atoms with van der Waals surface area (Å²) in [7, 11) is 0. The van der Waals surface area contributed by atoms with Crippen molar-refractivity contribution in [2.45, 2.75) is 31.0 Å². The number of aromatic amines is 1. The maximum atomic E-state index is 9.18. The van der Waals surface area contributed by atoms with Crippen molar-refractivity contribution in [2.75, 3.05) is 26.3 Å². The number of hydrogen-bond donors (Lipinski definition) is 2. The van der Waals surface area contributed by atoms with Crippen LogP contribution in [0.25, 0.3) is 22.3 Å². The molecule has 5 rings (SSSR count). The lowest BCUT2D eigenvalue weighted by molar-refractivity contribution is -0.0567. The first-order valence-electron chi connectivity index (χ1n) is 9.39. The van der Waals surface area contributed by atoms with Gasteiger partial charge in [0.2, 0.25) is 0 Å². The Morgan fingerprint density at radius 2 is 2.19 bits per heavy atom. The Hall–Kier alpha value is -2.15. The van der Waals surface area contributed by atoms with Gasteiger partial charge in [0, 0.05) is 66.8 Å². The highest BCUT2D eigenvalue weighted by Crippen LogP contribution is 2.35. The number of nitrogens with one attached hydrogen (secondary N) is 1. The van der Waals surface area contributed by atoms with Gasteiger partial charge < -0.3 is 19.4 Å². The number of rotatable bonds is 4. The van der Waals surface area contributed by atoms with Gasteiger partial charge in [0.1, 0.15) is 5.82 Å². The predicted octanol–water partition coefficient (Wildman–Crippen LogP) is 2.43. The Balaban J connectivity index is 1.43. The normalized spacial score (nSPS) is 26.4. The van der Waals surface area contributed by atoms with Crippen LogP contribution in [0.3, 0.4) is 0 Å². The van der Waals surface area contributed by atoms with Gasteiger partial charge in [-0.25, -0.2) is 4.98 Å². The van der Waals surface area contributed by atoms with Crippen LogP contribution >= 0.6 is 0 Å². The van der Waals surface area contributed by atoms with Crippen molar-refractivity contribution in [1.29, 1.82) is 0 Å². The molecule has 4 heterocycles. The second-order valence-corrected chi connectivity index (χ2v) is 7.37. The van der Waals surface area contributed by atoms with Gasteiger partial charge >= 0.3 is 0 Å². The first-order valence-corrected chi connectivity index (χ1v) is 9.39. The molecule has 6 nitrogen and oxygen atoms in total. The van der Waals surface area contributed by atoms with E-state index in [2.05, 4.69) is 49.9 Å². The largest absolute Gasteiger partial charge is 0.396 e. The van der Waals surface area contributed by atoms with Crippen LogP contribution in [0.2, 0.25) is 0 Å². The highest BCUT2D eigenvalue weighted by Gasteiger charge is 2.38. The van der Waals surface area contributed by atoms with E-state index in [0.29, 0.717) is 12.1 Å². The molecule has 2 fully saturated rings. The fraction of sp³-hybridized carbons (Fsp3) is 0.450. The van der Waals surface area contributed by atoms with E-state index in [1.165, 1.54) is 10.9 Å². The molecule has 6 heteroatoms. The molecule has 0 saturated carbocycles. The van der Waals surface area contributed by atoms with Crippen LogP contribution in [-0.2, 0) is 4.74 Å². The number of benzene rings is 1. The lowest BCUT2D eigenvalue weighted by Crippen LogP contribution is -2.46. The summed E-state index contributed by atoms with van der Waals surface area (Å²) in [5.41, 5.74) is 2.31. The van der Waals surface area contributed by atoms with Gasteiger partial charge in [0.05, 0.1) is 12.7 Å². The van der Waals surface area contributed by atoms with Crippen molar-refractivity contribution in [3.8, 4) is 11.4 Å². The monoisotopic (exact) mass is 352 g/mol. The minimum absolute atomic E-state index is 0.158. The molecule has 2 saturated heterocycles. The molecule has 136 valence electrons. The number of hydrogen-bond acceptors (Lipinski definition) is 4. The van der Waals surface area contributed by atoms with E-state index in [-0.39, 0.29) is 12.7 Å².